The predicted molar refractivity (Wildman–Crippen MR) is 134 cm³/mol. The van der Waals surface area contributed by atoms with E-state index in [1.165, 1.54) is 11.2 Å². The molecule has 182 valence electrons. The van der Waals surface area contributed by atoms with E-state index >= 15 is 0 Å². The first-order chi connectivity index (χ1) is 15.7. The van der Waals surface area contributed by atoms with Gasteiger partial charge in [-0.3, -0.25) is 4.79 Å². The van der Waals surface area contributed by atoms with Crippen molar-refractivity contribution in [3.8, 4) is 0 Å². The molecule has 1 saturated heterocycles. The van der Waals surface area contributed by atoms with Crippen LogP contribution in [0.15, 0.2) is 71.3 Å². The number of sulfonamides is 1. The van der Waals surface area contributed by atoms with Crippen LogP contribution in [0.5, 0.6) is 0 Å². The van der Waals surface area contributed by atoms with Crippen molar-refractivity contribution in [2.24, 2.45) is 16.7 Å². The number of nitrogens with zero attached hydrogens (tertiary/aromatic N) is 1. The van der Waals surface area contributed by atoms with Crippen LogP contribution in [-0.4, -0.2) is 30.7 Å². The first kappa shape index (κ1) is 24.7. The van der Waals surface area contributed by atoms with E-state index in [1.807, 2.05) is 58.0 Å². The van der Waals surface area contributed by atoms with Crippen LogP contribution >= 0.6 is 0 Å². The quantitative estimate of drug-likeness (QED) is 0.564. The Morgan fingerprint density at radius 1 is 1.03 bits per heavy atom. The highest BCUT2D eigenvalue weighted by Gasteiger charge is 2.65. The third-order valence-corrected chi connectivity index (χ3v) is 9.20. The summed E-state index contributed by atoms with van der Waals surface area (Å²) >= 11 is 0. The van der Waals surface area contributed by atoms with Crippen LogP contribution in [0.25, 0.3) is 0 Å². The fraction of sp³-hybridized carbons (Fsp3) is 0.464. The molecule has 2 aromatic carbocycles. The summed E-state index contributed by atoms with van der Waals surface area (Å²) in [7, 11) is -3.93. The molecule has 0 aliphatic carbocycles. The molecule has 2 aromatic rings. The third-order valence-electron chi connectivity index (χ3n) is 7.38. The number of carbonyl (C=O) groups excluding carboxylic acids is 1. The zero-order chi connectivity index (χ0) is 25.1. The van der Waals surface area contributed by atoms with Crippen molar-refractivity contribution in [2.45, 2.75) is 65.0 Å². The van der Waals surface area contributed by atoms with Crippen LogP contribution in [0.4, 0.5) is 0 Å². The fourth-order valence-corrected chi connectivity index (χ4v) is 7.28. The molecule has 0 aromatic heterocycles. The Morgan fingerprint density at radius 3 is 2.15 bits per heavy atom. The average molecular weight is 482 g/mol. The highest BCUT2D eigenvalue weighted by atomic mass is 32.2. The van der Waals surface area contributed by atoms with E-state index in [0.717, 1.165) is 16.9 Å². The lowest BCUT2D eigenvalue weighted by Crippen LogP contribution is -2.65. The number of aryl methyl sites for hydroxylation is 1. The SMILES string of the molecule is CC(=O)[C@@]12CN(S(=O)(=O)c3ccc(C)cc3)[C@@H](c3ccccc3)C(C)(C)[C@@H]1C=C(C(C)(C)C)O2. The molecule has 0 bridgehead atoms. The Labute approximate surface area is 203 Å². The molecular weight excluding hydrogens is 446 g/mol. The van der Waals surface area contributed by atoms with Crippen LogP contribution in [0.2, 0.25) is 0 Å². The van der Waals surface area contributed by atoms with Crippen LogP contribution in [0.3, 0.4) is 0 Å². The summed E-state index contributed by atoms with van der Waals surface area (Å²) in [6, 6.07) is 16.1. The maximum atomic E-state index is 14.1. The summed E-state index contributed by atoms with van der Waals surface area (Å²) < 4.78 is 36.3. The van der Waals surface area contributed by atoms with E-state index in [9.17, 15) is 13.2 Å². The number of Topliss-reactive ketones (excluding diaryl/α,β-unsaturated/α-hetero) is 1. The smallest absolute Gasteiger partial charge is 0.243 e. The third kappa shape index (κ3) is 3.81. The van der Waals surface area contributed by atoms with E-state index < -0.39 is 27.1 Å². The summed E-state index contributed by atoms with van der Waals surface area (Å²) in [6.07, 6.45) is 2.08. The maximum absolute atomic E-state index is 14.1. The minimum Gasteiger partial charge on any atom is -0.482 e. The highest BCUT2D eigenvalue weighted by molar-refractivity contribution is 7.89. The Morgan fingerprint density at radius 2 is 1.62 bits per heavy atom. The van der Waals surface area contributed by atoms with E-state index in [2.05, 4.69) is 19.9 Å². The molecule has 34 heavy (non-hydrogen) atoms. The van der Waals surface area contributed by atoms with Crippen LogP contribution in [0, 0.1) is 23.7 Å². The molecule has 0 N–H and O–H groups in total. The Balaban J connectivity index is 1.96. The van der Waals surface area contributed by atoms with E-state index in [0.29, 0.717) is 0 Å². The van der Waals surface area contributed by atoms with Gasteiger partial charge in [-0.25, -0.2) is 8.42 Å². The molecule has 2 aliphatic heterocycles. The fourth-order valence-electron chi connectivity index (χ4n) is 5.50. The van der Waals surface area contributed by atoms with Gasteiger partial charge in [-0.05, 0) is 43.0 Å². The first-order valence-corrected chi connectivity index (χ1v) is 13.2. The van der Waals surface area contributed by atoms with Gasteiger partial charge in [0.05, 0.1) is 23.2 Å². The number of benzene rings is 2. The van der Waals surface area contributed by atoms with Crippen molar-refractivity contribution < 1.29 is 17.9 Å². The van der Waals surface area contributed by atoms with Crippen LogP contribution in [-0.2, 0) is 19.6 Å². The minimum atomic E-state index is -3.93. The summed E-state index contributed by atoms with van der Waals surface area (Å²) in [4.78, 5) is 13.5. The van der Waals surface area contributed by atoms with Gasteiger partial charge < -0.3 is 4.74 Å². The van der Waals surface area contributed by atoms with Gasteiger partial charge in [0, 0.05) is 11.3 Å². The largest absolute Gasteiger partial charge is 0.482 e. The number of fused-ring (bicyclic) bond motifs is 1. The van der Waals surface area contributed by atoms with Gasteiger partial charge in [-0.2, -0.15) is 4.31 Å². The van der Waals surface area contributed by atoms with Gasteiger partial charge in [-0.15, -0.1) is 0 Å². The number of piperidine rings is 1. The first-order valence-electron chi connectivity index (χ1n) is 11.8. The normalized spacial score (nSPS) is 27.0. The highest BCUT2D eigenvalue weighted by Crippen LogP contribution is 2.59. The lowest BCUT2D eigenvalue weighted by Gasteiger charge is -2.55. The lowest BCUT2D eigenvalue weighted by atomic mass is 9.61. The molecular formula is C28H35NO4S. The van der Waals surface area contributed by atoms with E-state index in [1.54, 1.807) is 24.3 Å². The monoisotopic (exact) mass is 481 g/mol. The van der Waals surface area contributed by atoms with Crippen LogP contribution < -0.4 is 0 Å². The molecule has 0 amide bonds. The van der Waals surface area contributed by atoms with Gasteiger partial charge in [0.1, 0.15) is 0 Å². The molecule has 1 fully saturated rings. The minimum absolute atomic E-state index is 0.0394. The predicted octanol–water partition coefficient (Wildman–Crippen LogP) is 5.67. The van der Waals surface area contributed by atoms with Gasteiger partial charge >= 0.3 is 0 Å². The van der Waals surface area contributed by atoms with Gasteiger partial charge in [0.25, 0.3) is 0 Å². The van der Waals surface area contributed by atoms with Gasteiger partial charge in [0.2, 0.25) is 10.0 Å². The second-order valence-electron chi connectivity index (χ2n) is 11.3. The molecule has 6 heteroatoms. The molecule has 5 nitrogen and oxygen atoms in total. The standard InChI is InChI=1S/C28H35NO4S/c1-19-13-15-22(16-14-19)34(31,32)29-18-28(20(2)30)23(17-24(33-28)26(3,4)5)27(6,7)25(29)21-11-9-8-10-12-21/h8-17,23,25H,18H2,1-7H3/t23-,25-,28-/m0/s1. The summed E-state index contributed by atoms with van der Waals surface area (Å²) in [5.74, 6) is 0.306. The zero-order valence-electron chi connectivity index (χ0n) is 21.1. The number of ketones is 1. The molecule has 0 spiro atoms. The average Bonchev–Trinajstić information content (AvgIpc) is 3.17. The van der Waals surface area contributed by atoms with Crippen molar-refractivity contribution in [2.75, 3.05) is 6.54 Å². The molecule has 3 atom stereocenters. The number of ether oxygens (including phenoxy) is 1. The Bertz CT molecular complexity index is 1220. The number of carbonyl (C=O) groups is 1. The lowest BCUT2D eigenvalue weighted by molar-refractivity contribution is -0.158. The molecule has 0 radical (unpaired) electrons. The summed E-state index contributed by atoms with van der Waals surface area (Å²) in [5.41, 5.74) is -0.321. The molecule has 4 rings (SSSR count). The van der Waals surface area contributed by atoms with Crippen LogP contribution in [0.1, 0.15) is 58.7 Å². The van der Waals surface area contributed by atoms with Crippen molar-refractivity contribution in [1.82, 2.24) is 4.31 Å². The topological polar surface area (TPSA) is 63.7 Å². The maximum Gasteiger partial charge on any atom is 0.243 e. The number of hydrogen-bond acceptors (Lipinski definition) is 4. The van der Waals surface area contributed by atoms with Crippen molar-refractivity contribution in [3.05, 3.63) is 77.6 Å². The second-order valence-corrected chi connectivity index (χ2v) is 13.2. The number of hydrogen-bond donors (Lipinski definition) is 0. The Hall–Kier alpha value is -2.44. The number of allylic oxidation sites excluding steroid dienone is 1. The van der Waals surface area contributed by atoms with Crippen molar-refractivity contribution in [3.63, 3.8) is 0 Å². The van der Waals surface area contributed by atoms with E-state index in [-0.39, 0.29) is 28.6 Å². The summed E-state index contributed by atoms with van der Waals surface area (Å²) in [5, 5.41) is 0. The number of rotatable bonds is 4. The Kier molecular flexibility index (Phi) is 5.85. The van der Waals surface area contributed by atoms with Gasteiger partial charge in [-0.1, -0.05) is 82.6 Å². The molecule has 2 aliphatic rings. The molecule has 2 heterocycles. The van der Waals surface area contributed by atoms with Crippen molar-refractivity contribution in [1.29, 1.82) is 0 Å². The van der Waals surface area contributed by atoms with Gasteiger partial charge in [0.15, 0.2) is 11.4 Å². The molecule has 0 unspecified atom stereocenters. The second kappa shape index (κ2) is 8.06. The zero-order valence-corrected chi connectivity index (χ0v) is 21.9. The summed E-state index contributed by atoms with van der Waals surface area (Å²) in [6.45, 7) is 13.6. The molecule has 0 saturated carbocycles. The van der Waals surface area contributed by atoms with E-state index in [4.69, 9.17) is 4.74 Å². The van der Waals surface area contributed by atoms with Crippen molar-refractivity contribution >= 4 is 15.8 Å².